The molecule has 0 aliphatic rings. The average Bonchev–Trinajstić information content (AvgIpc) is 2.82. The molecule has 0 heterocycles. The van der Waals surface area contributed by atoms with E-state index in [0.29, 0.717) is 22.6 Å². The van der Waals surface area contributed by atoms with Crippen LogP contribution >= 0.6 is 11.8 Å². The highest BCUT2D eigenvalue weighted by Crippen LogP contribution is 2.27. The number of rotatable bonds is 6. The van der Waals surface area contributed by atoms with Crippen LogP contribution in [0.25, 0.3) is 0 Å². The molecular weight excluding hydrogens is 418 g/mol. The molecule has 0 aliphatic heterocycles. The average molecular weight is 440 g/mol. The quantitative estimate of drug-likeness (QED) is 0.312. The lowest BCUT2D eigenvalue weighted by atomic mass is 10.2. The second-order valence-corrected chi connectivity index (χ2v) is 8.06. The fourth-order valence-electron chi connectivity index (χ4n) is 2.95. The van der Waals surface area contributed by atoms with Crippen molar-refractivity contribution in [2.24, 2.45) is 0 Å². The Labute approximate surface area is 190 Å². The first-order chi connectivity index (χ1) is 15.7. The zero-order valence-electron chi connectivity index (χ0n) is 17.1. The molecule has 0 saturated heterocycles. The SMILES string of the molecule is O=C(Nc1ccccc1)Nc1ccc(NC(=O)c2ccc(Sc3ccccc3)cc2)cc1. The van der Waals surface area contributed by atoms with Gasteiger partial charge >= 0.3 is 6.03 Å². The van der Waals surface area contributed by atoms with Crippen LogP contribution in [-0.2, 0) is 0 Å². The standard InChI is InChI=1S/C26H21N3O2S/c30-25(19-11-17-24(18-12-19)32-23-9-5-2-6-10-23)27-21-13-15-22(16-14-21)29-26(31)28-20-7-3-1-4-8-20/h1-18H,(H,27,30)(H2,28,29,31). The van der Waals surface area contributed by atoms with E-state index < -0.39 is 0 Å². The van der Waals surface area contributed by atoms with Gasteiger partial charge in [-0.2, -0.15) is 0 Å². The van der Waals surface area contributed by atoms with Crippen molar-refractivity contribution in [2.75, 3.05) is 16.0 Å². The minimum Gasteiger partial charge on any atom is -0.322 e. The van der Waals surface area contributed by atoms with Crippen molar-refractivity contribution in [3.8, 4) is 0 Å². The number of hydrogen-bond donors (Lipinski definition) is 3. The third kappa shape index (κ3) is 6.00. The van der Waals surface area contributed by atoms with Crippen LogP contribution in [0, 0.1) is 0 Å². The summed E-state index contributed by atoms with van der Waals surface area (Å²) in [4.78, 5) is 26.8. The number of urea groups is 1. The fraction of sp³-hybridized carbons (Fsp3) is 0. The summed E-state index contributed by atoms with van der Waals surface area (Å²) in [6.07, 6.45) is 0. The van der Waals surface area contributed by atoms with E-state index >= 15 is 0 Å². The van der Waals surface area contributed by atoms with Crippen molar-refractivity contribution >= 4 is 40.8 Å². The summed E-state index contributed by atoms with van der Waals surface area (Å²) in [6.45, 7) is 0. The van der Waals surface area contributed by atoms with Gasteiger partial charge in [-0.15, -0.1) is 0 Å². The molecule has 0 radical (unpaired) electrons. The van der Waals surface area contributed by atoms with Gasteiger partial charge in [0.05, 0.1) is 0 Å². The zero-order valence-corrected chi connectivity index (χ0v) is 17.9. The molecule has 4 rings (SSSR count). The molecule has 3 N–H and O–H groups in total. The topological polar surface area (TPSA) is 70.2 Å². The molecule has 5 nitrogen and oxygen atoms in total. The molecule has 3 amide bonds. The van der Waals surface area contributed by atoms with E-state index in [9.17, 15) is 9.59 Å². The Morgan fingerprint density at radius 1 is 0.500 bits per heavy atom. The predicted octanol–water partition coefficient (Wildman–Crippen LogP) is 6.73. The van der Waals surface area contributed by atoms with Crippen molar-refractivity contribution in [1.82, 2.24) is 0 Å². The molecule has 158 valence electrons. The smallest absolute Gasteiger partial charge is 0.322 e. The maximum Gasteiger partial charge on any atom is 0.323 e. The van der Waals surface area contributed by atoms with Gasteiger partial charge in [-0.1, -0.05) is 48.2 Å². The normalized spacial score (nSPS) is 10.2. The van der Waals surface area contributed by atoms with Gasteiger partial charge in [0, 0.05) is 32.4 Å². The van der Waals surface area contributed by atoms with Crippen LogP contribution in [0.5, 0.6) is 0 Å². The highest BCUT2D eigenvalue weighted by Gasteiger charge is 2.08. The van der Waals surface area contributed by atoms with Crippen LogP contribution in [-0.4, -0.2) is 11.9 Å². The minimum absolute atomic E-state index is 0.191. The molecular formula is C26H21N3O2S. The first kappa shape index (κ1) is 21.2. The largest absolute Gasteiger partial charge is 0.323 e. The number of hydrogen-bond acceptors (Lipinski definition) is 3. The fourth-order valence-corrected chi connectivity index (χ4v) is 3.79. The number of anilines is 3. The molecule has 4 aromatic rings. The third-order valence-electron chi connectivity index (χ3n) is 4.53. The van der Waals surface area contributed by atoms with Crippen molar-refractivity contribution in [3.05, 3.63) is 115 Å². The summed E-state index contributed by atoms with van der Waals surface area (Å²) in [5.41, 5.74) is 2.55. The predicted molar refractivity (Wildman–Crippen MR) is 130 cm³/mol. The number of para-hydroxylation sites is 1. The van der Waals surface area contributed by atoms with Crippen LogP contribution in [0.2, 0.25) is 0 Å². The van der Waals surface area contributed by atoms with Crippen LogP contribution < -0.4 is 16.0 Å². The summed E-state index contributed by atoms with van der Waals surface area (Å²) in [5.74, 6) is -0.191. The van der Waals surface area contributed by atoms with Gasteiger partial charge in [0.2, 0.25) is 0 Å². The van der Waals surface area contributed by atoms with Gasteiger partial charge in [-0.25, -0.2) is 4.79 Å². The van der Waals surface area contributed by atoms with Gasteiger partial charge in [0.1, 0.15) is 0 Å². The number of carbonyl (C=O) groups excluding carboxylic acids is 2. The van der Waals surface area contributed by atoms with Gasteiger partial charge in [-0.05, 0) is 72.8 Å². The van der Waals surface area contributed by atoms with Crippen molar-refractivity contribution in [2.45, 2.75) is 9.79 Å². The van der Waals surface area contributed by atoms with Crippen LogP contribution in [0.4, 0.5) is 21.9 Å². The third-order valence-corrected chi connectivity index (χ3v) is 5.54. The lowest BCUT2D eigenvalue weighted by Gasteiger charge is -2.09. The molecule has 6 heteroatoms. The Balaban J connectivity index is 1.31. The van der Waals surface area contributed by atoms with Crippen LogP contribution in [0.3, 0.4) is 0 Å². The first-order valence-corrected chi connectivity index (χ1v) is 10.8. The lowest BCUT2D eigenvalue weighted by Crippen LogP contribution is -2.19. The molecule has 0 atom stereocenters. The highest BCUT2D eigenvalue weighted by molar-refractivity contribution is 7.99. The minimum atomic E-state index is -0.332. The van der Waals surface area contributed by atoms with E-state index in [2.05, 4.69) is 28.1 Å². The molecule has 0 fully saturated rings. The molecule has 0 aromatic heterocycles. The van der Waals surface area contributed by atoms with E-state index in [4.69, 9.17) is 0 Å². The van der Waals surface area contributed by atoms with Crippen molar-refractivity contribution in [3.63, 3.8) is 0 Å². The summed E-state index contributed by atoms with van der Waals surface area (Å²) in [7, 11) is 0. The van der Waals surface area contributed by atoms with E-state index in [0.717, 1.165) is 9.79 Å². The second kappa shape index (κ2) is 10.3. The van der Waals surface area contributed by atoms with Crippen LogP contribution in [0.1, 0.15) is 10.4 Å². The Morgan fingerprint density at radius 3 is 1.56 bits per heavy atom. The van der Waals surface area contributed by atoms with Gasteiger partial charge in [-0.3, -0.25) is 4.79 Å². The van der Waals surface area contributed by atoms with Crippen molar-refractivity contribution < 1.29 is 9.59 Å². The molecule has 0 spiro atoms. The van der Waals surface area contributed by atoms with E-state index in [1.165, 1.54) is 0 Å². The number of benzene rings is 4. The molecule has 0 bridgehead atoms. The summed E-state index contributed by atoms with van der Waals surface area (Å²) >= 11 is 1.65. The molecule has 0 unspecified atom stereocenters. The highest BCUT2D eigenvalue weighted by atomic mass is 32.2. The zero-order chi connectivity index (χ0) is 22.2. The van der Waals surface area contributed by atoms with Crippen LogP contribution in [0.15, 0.2) is 119 Å². The number of carbonyl (C=O) groups is 2. The molecule has 4 aromatic carbocycles. The first-order valence-electron chi connectivity index (χ1n) is 10.0. The maximum absolute atomic E-state index is 12.6. The number of amides is 3. The summed E-state index contributed by atoms with van der Waals surface area (Å²) < 4.78 is 0. The maximum atomic E-state index is 12.6. The van der Waals surface area contributed by atoms with Gasteiger partial charge < -0.3 is 16.0 Å². The van der Waals surface area contributed by atoms with E-state index in [1.54, 1.807) is 36.0 Å². The lowest BCUT2D eigenvalue weighted by molar-refractivity contribution is 0.102. The summed E-state index contributed by atoms with van der Waals surface area (Å²) in [5, 5.41) is 8.39. The summed E-state index contributed by atoms with van der Waals surface area (Å²) in [6, 6.07) is 33.4. The van der Waals surface area contributed by atoms with Crippen molar-refractivity contribution in [1.29, 1.82) is 0 Å². The Morgan fingerprint density at radius 2 is 0.969 bits per heavy atom. The van der Waals surface area contributed by atoms with E-state index in [1.807, 2.05) is 72.8 Å². The second-order valence-electron chi connectivity index (χ2n) is 6.92. The van der Waals surface area contributed by atoms with Gasteiger partial charge in [0.25, 0.3) is 5.91 Å². The molecule has 0 saturated carbocycles. The molecule has 0 aliphatic carbocycles. The Hall–Kier alpha value is -4.03. The Kier molecular flexibility index (Phi) is 6.84. The number of nitrogens with one attached hydrogen (secondary N) is 3. The Bertz CT molecular complexity index is 1180. The molecule has 32 heavy (non-hydrogen) atoms. The monoisotopic (exact) mass is 439 g/mol. The van der Waals surface area contributed by atoms with Gasteiger partial charge in [0.15, 0.2) is 0 Å². The van der Waals surface area contributed by atoms with E-state index in [-0.39, 0.29) is 11.9 Å².